The summed E-state index contributed by atoms with van der Waals surface area (Å²) in [4.78, 5) is 14.5. The van der Waals surface area contributed by atoms with Crippen LogP contribution in [-0.4, -0.2) is 45.2 Å². The van der Waals surface area contributed by atoms with Gasteiger partial charge in [0.15, 0.2) is 6.61 Å². The average Bonchev–Trinajstić information content (AvgIpc) is 2.66. The summed E-state index contributed by atoms with van der Waals surface area (Å²) >= 11 is 0. The molecule has 5 nitrogen and oxygen atoms in total. The van der Waals surface area contributed by atoms with E-state index in [1.807, 2.05) is 51.4 Å². The fourth-order valence-corrected chi connectivity index (χ4v) is 3.16. The molecule has 0 aliphatic carbocycles. The predicted molar refractivity (Wildman–Crippen MR) is 113 cm³/mol. The van der Waals surface area contributed by atoms with Crippen molar-refractivity contribution in [1.82, 2.24) is 10.2 Å². The van der Waals surface area contributed by atoms with Gasteiger partial charge >= 0.3 is 0 Å². The van der Waals surface area contributed by atoms with Crippen molar-refractivity contribution in [3.8, 4) is 11.5 Å². The number of nitrogens with zero attached hydrogens (tertiary/aromatic N) is 1. The van der Waals surface area contributed by atoms with E-state index >= 15 is 0 Å². The van der Waals surface area contributed by atoms with Crippen molar-refractivity contribution in [1.29, 1.82) is 0 Å². The van der Waals surface area contributed by atoms with Gasteiger partial charge in [0.1, 0.15) is 11.5 Å². The molecule has 0 unspecified atom stereocenters. The van der Waals surface area contributed by atoms with Gasteiger partial charge in [0.25, 0.3) is 5.91 Å². The van der Waals surface area contributed by atoms with Crippen LogP contribution in [0, 0.1) is 6.92 Å². The number of methoxy groups -OCH3 is 1. The van der Waals surface area contributed by atoms with E-state index in [4.69, 9.17) is 9.47 Å². The average molecular weight is 385 g/mol. The molecule has 0 heterocycles. The Balaban J connectivity index is 2.00. The first-order valence-corrected chi connectivity index (χ1v) is 9.62. The van der Waals surface area contributed by atoms with Gasteiger partial charge in [-0.1, -0.05) is 44.2 Å². The first kappa shape index (κ1) is 21.8. The van der Waals surface area contributed by atoms with Gasteiger partial charge in [-0.05, 0) is 50.2 Å². The van der Waals surface area contributed by atoms with Crippen LogP contribution in [0.2, 0.25) is 0 Å². The molecule has 0 aliphatic rings. The van der Waals surface area contributed by atoms with Crippen LogP contribution in [0.4, 0.5) is 0 Å². The Morgan fingerprint density at radius 3 is 2.43 bits per heavy atom. The minimum absolute atomic E-state index is 0.00472. The van der Waals surface area contributed by atoms with Crippen molar-refractivity contribution in [2.24, 2.45) is 0 Å². The van der Waals surface area contributed by atoms with Gasteiger partial charge in [0.2, 0.25) is 0 Å². The number of ether oxygens (including phenoxy) is 2. The third-order valence-electron chi connectivity index (χ3n) is 4.76. The Morgan fingerprint density at radius 1 is 1.07 bits per heavy atom. The van der Waals surface area contributed by atoms with E-state index in [1.54, 1.807) is 7.11 Å². The summed E-state index contributed by atoms with van der Waals surface area (Å²) in [6, 6.07) is 14.0. The molecule has 2 aromatic carbocycles. The fourth-order valence-electron chi connectivity index (χ4n) is 3.16. The number of rotatable bonds is 9. The molecular formula is C23H32N2O3. The minimum Gasteiger partial charge on any atom is -0.496 e. The van der Waals surface area contributed by atoms with Crippen LogP contribution in [0.5, 0.6) is 11.5 Å². The minimum atomic E-state index is -0.141. The Bertz CT molecular complexity index is 787. The van der Waals surface area contributed by atoms with Crippen LogP contribution in [0.1, 0.15) is 42.5 Å². The van der Waals surface area contributed by atoms with Crippen molar-refractivity contribution in [2.45, 2.75) is 32.7 Å². The predicted octanol–water partition coefficient (Wildman–Crippen LogP) is 3.92. The molecule has 0 radical (unpaired) electrons. The molecule has 152 valence electrons. The van der Waals surface area contributed by atoms with Gasteiger partial charge in [-0.2, -0.15) is 0 Å². The lowest BCUT2D eigenvalue weighted by Crippen LogP contribution is -2.37. The van der Waals surface area contributed by atoms with E-state index in [0.29, 0.717) is 12.5 Å². The van der Waals surface area contributed by atoms with E-state index in [0.717, 1.165) is 28.2 Å². The molecule has 0 aliphatic heterocycles. The Hall–Kier alpha value is -2.53. The van der Waals surface area contributed by atoms with Crippen molar-refractivity contribution in [3.05, 3.63) is 59.2 Å². The lowest BCUT2D eigenvalue weighted by molar-refractivity contribution is -0.123. The Kier molecular flexibility index (Phi) is 7.88. The molecule has 1 atom stereocenters. The van der Waals surface area contributed by atoms with E-state index in [9.17, 15) is 4.79 Å². The summed E-state index contributed by atoms with van der Waals surface area (Å²) in [6.45, 7) is 6.72. The summed E-state index contributed by atoms with van der Waals surface area (Å²) in [6.07, 6.45) is 0. The second kappa shape index (κ2) is 10.1. The third kappa shape index (κ3) is 5.73. The van der Waals surface area contributed by atoms with E-state index in [1.165, 1.54) is 0 Å². The number of carbonyl (C=O) groups is 1. The molecule has 2 rings (SSSR count). The number of nitrogens with one attached hydrogen (secondary N) is 1. The number of likely N-dealkylation sites (N-methyl/N-ethyl adjacent to an activating group) is 1. The zero-order valence-electron chi connectivity index (χ0n) is 17.8. The van der Waals surface area contributed by atoms with Crippen LogP contribution in [0.3, 0.4) is 0 Å². The molecule has 1 N–H and O–H groups in total. The quantitative estimate of drug-likeness (QED) is 0.712. The molecule has 5 heteroatoms. The first-order chi connectivity index (χ1) is 13.3. The number of aryl methyl sites for hydroxylation is 1. The van der Waals surface area contributed by atoms with Crippen LogP contribution < -0.4 is 14.8 Å². The van der Waals surface area contributed by atoms with Crippen LogP contribution >= 0.6 is 0 Å². The lowest BCUT2D eigenvalue weighted by atomic mass is 10.0. The lowest BCUT2D eigenvalue weighted by Gasteiger charge is -2.26. The molecule has 0 aromatic heterocycles. The number of benzene rings is 2. The number of para-hydroxylation sites is 1. The van der Waals surface area contributed by atoms with Gasteiger partial charge in [0, 0.05) is 12.1 Å². The summed E-state index contributed by atoms with van der Waals surface area (Å²) in [7, 11) is 5.63. The smallest absolute Gasteiger partial charge is 0.258 e. The van der Waals surface area contributed by atoms with Crippen molar-refractivity contribution >= 4 is 5.91 Å². The molecule has 0 spiro atoms. The zero-order valence-corrected chi connectivity index (χ0v) is 17.8. The number of hydrogen-bond donors (Lipinski definition) is 1. The third-order valence-corrected chi connectivity index (χ3v) is 4.76. The number of hydrogen-bond acceptors (Lipinski definition) is 4. The maximum absolute atomic E-state index is 12.4. The van der Waals surface area contributed by atoms with Gasteiger partial charge < -0.3 is 19.7 Å². The second-order valence-corrected chi connectivity index (χ2v) is 7.51. The van der Waals surface area contributed by atoms with E-state index in [2.05, 4.69) is 36.2 Å². The molecule has 0 bridgehead atoms. The summed E-state index contributed by atoms with van der Waals surface area (Å²) in [5.41, 5.74) is 3.26. The Labute approximate surface area is 168 Å². The number of carbonyl (C=O) groups excluding carboxylic acids is 1. The monoisotopic (exact) mass is 384 g/mol. The van der Waals surface area contributed by atoms with E-state index < -0.39 is 0 Å². The topological polar surface area (TPSA) is 50.8 Å². The highest BCUT2D eigenvalue weighted by atomic mass is 16.5. The molecular weight excluding hydrogens is 352 g/mol. The van der Waals surface area contributed by atoms with Gasteiger partial charge in [-0.3, -0.25) is 4.79 Å². The maximum Gasteiger partial charge on any atom is 0.258 e. The normalized spacial score (nSPS) is 12.1. The summed E-state index contributed by atoms with van der Waals surface area (Å²) in [5, 5.41) is 2.99. The van der Waals surface area contributed by atoms with E-state index in [-0.39, 0.29) is 18.6 Å². The van der Waals surface area contributed by atoms with Crippen molar-refractivity contribution in [3.63, 3.8) is 0 Å². The van der Waals surface area contributed by atoms with Gasteiger partial charge in [-0.25, -0.2) is 0 Å². The zero-order chi connectivity index (χ0) is 20.7. The highest BCUT2D eigenvalue weighted by Crippen LogP contribution is 2.28. The molecule has 0 saturated carbocycles. The highest BCUT2D eigenvalue weighted by Gasteiger charge is 2.19. The molecule has 28 heavy (non-hydrogen) atoms. The fraction of sp³-hybridized carbons (Fsp3) is 0.435. The van der Waals surface area contributed by atoms with Gasteiger partial charge in [-0.15, -0.1) is 0 Å². The van der Waals surface area contributed by atoms with Gasteiger partial charge in [0.05, 0.1) is 13.2 Å². The Morgan fingerprint density at radius 2 is 1.79 bits per heavy atom. The SMILES string of the molecule is COc1ccccc1[C@@H](CNC(=O)COc1cc(C)ccc1C(C)C)N(C)C. The van der Waals surface area contributed by atoms with Crippen LogP contribution in [-0.2, 0) is 4.79 Å². The second-order valence-electron chi connectivity index (χ2n) is 7.51. The van der Waals surface area contributed by atoms with Crippen LogP contribution in [0.15, 0.2) is 42.5 Å². The standard InChI is InChI=1S/C23H32N2O3/c1-16(2)18-12-11-17(3)13-22(18)28-15-23(26)24-14-20(25(4)5)19-9-7-8-10-21(19)27-6/h7-13,16,20H,14-15H2,1-6H3,(H,24,26)/t20-/m1/s1. The van der Waals surface area contributed by atoms with Crippen LogP contribution in [0.25, 0.3) is 0 Å². The molecule has 2 aromatic rings. The first-order valence-electron chi connectivity index (χ1n) is 9.62. The summed E-state index contributed by atoms with van der Waals surface area (Å²) < 4.78 is 11.3. The highest BCUT2D eigenvalue weighted by molar-refractivity contribution is 5.77. The number of amides is 1. The largest absolute Gasteiger partial charge is 0.496 e. The summed E-state index contributed by atoms with van der Waals surface area (Å²) in [5.74, 6) is 1.78. The maximum atomic E-state index is 12.4. The molecule has 0 fully saturated rings. The van der Waals surface area contributed by atoms with Crippen molar-refractivity contribution < 1.29 is 14.3 Å². The molecule has 1 amide bonds. The van der Waals surface area contributed by atoms with Crippen molar-refractivity contribution in [2.75, 3.05) is 34.4 Å². The molecule has 0 saturated heterocycles.